The molecule has 4 heteroatoms. The highest BCUT2D eigenvalue weighted by atomic mass is 16.1. The van der Waals surface area contributed by atoms with Crippen LogP contribution in [0, 0.1) is 0 Å². The number of aromatic nitrogens is 2. The van der Waals surface area contributed by atoms with Crippen molar-refractivity contribution in [2.24, 2.45) is 0 Å². The Morgan fingerprint density at radius 2 is 1.64 bits per heavy atom. The van der Waals surface area contributed by atoms with Crippen LogP contribution in [0.15, 0.2) is 59.4 Å². The first-order valence-electron chi connectivity index (χ1n) is 9.10. The van der Waals surface area contributed by atoms with Gasteiger partial charge >= 0.3 is 0 Å². The van der Waals surface area contributed by atoms with Gasteiger partial charge in [-0.05, 0) is 42.8 Å². The molecule has 1 fully saturated rings. The molecule has 0 atom stereocenters. The van der Waals surface area contributed by atoms with Crippen LogP contribution in [-0.4, -0.2) is 34.3 Å². The van der Waals surface area contributed by atoms with Gasteiger partial charge in [-0.3, -0.25) is 4.79 Å². The summed E-state index contributed by atoms with van der Waals surface area (Å²) in [7, 11) is 0. The predicted octanol–water partition coefficient (Wildman–Crippen LogP) is 3.55. The van der Waals surface area contributed by atoms with Crippen molar-refractivity contribution in [3.63, 3.8) is 0 Å². The second kappa shape index (κ2) is 7.19. The molecule has 1 aliphatic heterocycles. The largest absolute Gasteiger partial charge is 0.301 e. The average Bonchev–Trinajstić information content (AvgIpc) is 2.68. The Labute approximate surface area is 147 Å². The Kier molecular flexibility index (Phi) is 4.61. The Morgan fingerprint density at radius 1 is 0.840 bits per heavy atom. The fraction of sp³-hybridized carbons (Fsp3) is 0.333. The van der Waals surface area contributed by atoms with Crippen molar-refractivity contribution in [1.29, 1.82) is 0 Å². The molecule has 0 bridgehead atoms. The molecule has 25 heavy (non-hydrogen) atoms. The number of hydrogen-bond donors (Lipinski definition) is 0. The van der Waals surface area contributed by atoms with Crippen LogP contribution in [0.2, 0.25) is 0 Å². The zero-order chi connectivity index (χ0) is 17.1. The van der Waals surface area contributed by atoms with E-state index in [0.29, 0.717) is 6.54 Å². The monoisotopic (exact) mass is 333 g/mol. The number of piperidine rings is 1. The summed E-state index contributed by atoms with van der Waals surface area (Å²) in [6.45, 7) is 3.82. The normalized spacial score (nSPS) is 15.5. The van der Waals surface area contributed by atoms with Gasteiger partial charge in [-0.15, -0.1) is 0 Å². The van der Waals surface area contributed by atoms with Crippen molar-refractivity contribution in [3.8, 4) is 11.3 Å². The third-order valence-electron chi connectivity index (χ3n) is 5.01. The maximum absolute atomic E-state index is 12.2. The first-order valence-corrected chi connectivity index (χ1v) is 9.10. The smallest absolute Gasteiger partial charge is 0.266 e. The Balaban J connectivity index is 1.63. The molecule has 4 nitrogen and oxygen atoms in total. The molecule has 1 aromatic heterocycles. The van der Waals surface area contributed by atoms with E-state index in [1.54, 1.807) is 10.7 Å². The lowest BCUT2D eigenvalue weighted by molar-refractivity contribution is 0.216. The summed E-state index contributed by atoms with van der Waals surface area (Å²) < 4.78 is 1.62. The van der Waals surface area contributed by atoms with Crippen molar-refractivity contribution in [1.82, 2.24) is 14.7 Å². The number of rotatable bonds is 4. The minimum Gasteiger partial charge on any atom is -0.301 e. The van der Waals surface area contributed by atoms with E-state index in [9.17, 15) is 4.79 Å². The van der Waals surface area contributed by atoms with Crippen LogP contribution in [-0.2, 0) is 6.54 Å². The van der Waals surface area contributed by atoms with E-state index in [0.717, 1.165) is 30.9 Å². The van der Waals surface area contributed by atoms with Crippen molar-refractivity contribution in [2.75, 3.05) is 19.6 Å². The van der Waals surface area contributed by atoms with Gasteiger partial charge in [0.1, 0.15) is 0 Å². The third kappa shape index (κ3) is 3.49. The van der Waals surface area contributed by atoms with Gasteiger partial charge in [0, 0.05) is 18.2 Å². The molecule has 0 unspecified atom stereocenters. The minimum absolute atomic E-state index is 0.0269. The SMILES string of the molecule is O=c1ccc(-c2cccc3ccccc23)nn1CCN1CCCCC1. The summed E-state index contributed by atoms with van der Waals surface area (Å²) in [5.41, 5.74) is 1.90. The second-order valence-electron chi connectivity index (χ2n) is 6.71. The molecule has 4 rings (SSSR count). The van der Waals surface area contributed by atoms with E-state index in [1.165, 1.54) is 30.0 Å². The molecule has 0 saturated carbocycles. The molecule has 0 aliphatic carbocycles. The highest BCUT2D eigenvalue weighted by Gasteiger charge is 2.11. The van der Waals surface area contributed by atoms with Gasteiger partial charge in [0.05, 0.1) is 12.2 Å². The molecule has 0 N–H and O–H groups in total. The van der Waals surface area contributed by atoms with E-state index in [1.807, 2.05) is 24.3 Å². The van der Waals surface area contributed by atoms with Gasteiger partial charge in [-0.2, -0.15) is 5.10 Å². The van der Waals surface area contributed by atoms with E-state index in [-0.39, 0.29) is 5.56 Å². The summed E-state index contributed by atoms with van der Waals surface area (Å²) in [6.07, 6.45) is 3.85. The first kappa shape index (κ1) is 16.0. The van der Waals surface area contributed by atoms with E-state index >= 15 is 0 Å². The molecule has 3 aromatic rings. The molecule has 2 heterocycles. The summed E-state index contributed by atoms with van der Waals surface area (Å²) in [5.74, 6) is 0. The Hall–Kier alpha value is -2.46. The predicted molar refractivity (Wildman–Crippen MR) is 102 cm³/mol. The zero-order valence-corrected chi connectivity index (χ0v) is 14.4. The average molecular weight is 333 g/mol. The van der Waals surface area contributed by atoms with Crippen LogP contribution in [0.4, 0.5) is 0 Å². The van der Waals surface area contributed by atoms with Crippen molar-refractivity contribution >= 4 is 10.8 Å². The molecule has 1 saturated heterocycles. The van der Waals surface area contributed by atoms with Crippen LogP contribution in [0.1, 0.15) is 19.3 Å². The van der Waals surface area contributed by atoms with E-state index < -0.39 is 0 Å². The number of benzene rings is 2. The fourth-order valence-corrected chi connectivity index (χ4v) is 3.62. The molecular weight excluding hydrogens is 310 g/mol. The Morgan fingerprint density at radius 3 is 2.52 bits per heavy atom. The number of nitrogens with zero attached hydrogens (tertiary/aromatic N) is 3. The number of fused-ring (bicyclic) bond motifs is 1. The van der Waals surface area contributed by atoms with Crippen LogP contribution < -0.4 is 5.56 Å². The maximum atomic E-state index is 12.2. The van der Waals surface area contributed by atoms with Crippen molar-refractivity contribution in [2.45, 2.75) is 25.8 Å². The van der Waals surface area contributed by atoms with Crippen molar-refractivity contribution < 1.29 is 0 Å². The molecule has 0 spiro atoms. The topological polar surface area (TPSA) is 38.1 Å². The van der Waals surface area contributed by atoms with Crippen LogP contribution >= 0.6 is 0 Å². The second-order valence-corrected chi connectivity index (χ2v) is 6.71. The molecule has 0 amide bonds. The van der Waals surface area contributed by atoms with Gasteiger partial charge in [0.2, 0.25) is 0 Å². The highest BCUT2D eigenvalue weighted by molar-refractivity contribution is 5.95. The van der Waals surface area contributed by atoms with Gasteiger partial charge in [0.15, 0.2) is 0 Å². The molecular formula is C21H23N3O. The summed E-state index contributed by atoms with van der Waals surface area (Å²) in [5, 5.41) is 7.01. The van der Waals surface area contributed by atoms with Gasteiger partial charge in [0.25, 0.3) is 5.56 Å². The molecule has 0 radical (unpaired) electrons. The highest BCUT2D eigenvalue weighted by Crippen LogP contribution is 2.26. The summed E-state index contributed by atoms with van der Waals surface area (Å²) >= 11 is 0. The van der Waals surface area contributed by atoms with Crippen LogP contribution in [0.25, 0.3) is 22.0 Å². The fourth-order valence-electron chi connectivity index (χ4n) is 3.62. The number of hydrogen-bond acceptors (Lipinski definition) is 3. The van der Waals surface area contributed by atoms with E-state index in [2.05, 4.69) is 34.3 Å². The van der Waals surface area contributed by atoms with E-state index in [4.69, 9.17) is 0 Å². The summed E-state index contributed by atoms with van der Waals surface area (Å²) in [4.78, 5) is 14.7. The lowest BCUT2D eigenvalue weighted by atomic mass is 10.0. The van der Waals surface area contributed by atoms with Crippen LogP contribution in [0.3, 0.4) is 0 Å². The maximum Gasteiger partial charge on any atom is 0.266 e. The number of likely N-dealkylation sites (tertiary alicyclic amines) is 1. The third-order valence-corrected chi connectivity index (χ3v) is 5.01. The lowest BCUT2D eigenvalue weighted by Gasteiger charge is -2.26. The summed E-state index contributed by atoms with van der Waals surface area (Å²) in [6, 6.07) is 18.0. The quantitative estimate of drug-likeness (QED) is 0.733. The van der Waals surface area contributed by atoms with Gasteiger partial charge in [-0.25, -0.2) is 4.68 Å². The van der Waals surface area contributed by atoms with Gasteiger partial charge < -0.3 is 4.90 Å². The van der Waals surface area contributed by atoms with Gasteiger partial charge in [-0.1, -0.05) is 48.9 Å². The van der Waals surface area contributed by atoms with Crippen molar-refractivity contribution in [3.05, 3.63) is 65.0 Å². The molecule has 128 valence electrons. The molecule has 1 aliphatic rings. The zero-order valence-electron chi connectivity index (χ0n) is 14.4. The lowest BCUT2D eigenvalue weighted by Crippen LogP contribution is -2.35. The van der Waals surface area contributed by atoms with Crippen LogP contribution in [0.5, 0.6) is 0 Å². The standard InChI is InChI=1S/C21H23N3O/c25-21-12-11-20(19-10-6-8-17-7-2-3-9-18(17)19)22-24(21)16-15-23-13-4-1-5-14-23/h2-3,6-12H,1,4-5,13-16H2. The minimum atomic E-state index is -0.0269. The molecule has 2 aromatic carbocycles. The first-order chi connectivity index (χ1) is 12.3. The Bertz CT molecular complexity index is 920.